The highest BCUT2D eigenvalue weighted by Crippen LogP contribution is 2.37. The summed E-state index contributed by atoms with van der Waals surface area (Å²) < 4.78 is 76.6. The standard InChI is InChI=1S/C16H10F6N2O3/c17-15(18,19)8-4-9(16(20,21)22)6-11(5-8)24-14(27)13(26)23-10-2-1-3-12(25)7-10/h1-7,25H,(H,23,26)(H,24,27). The van der Waals surface area contributed by atoms with Gasteiger partial charge in [-0.25, -0.2) is 0 Å². The van der Waals surface area contributed by atoms with Crippen LogP contribution in [0.1, 0.15) is 11.1 Å². The highest BCUT2D eigenvalue weighted by molar-refractivity contribution is 6.43. The Morgan fingerprint density at radius 3 is 1.67 bits per heavy atom. The first-order chi connectivity index (χ1) is 12.4. The number of rotatable bonds is 2. The van der Waals surface area contributed by atoms with Crippen LogP contribution in [0.3, 0.4) is 0 Å². The Balaban J connectivity index is 2.24. The van der Waals surface area contributed by atoms with E-state index in [0.29, 0.717) is 0 Å². The molecule has 2 amide bonds. The van der Waals surface area contributed by atoms with Gasteiger partial charge < -0.3 is 15.7 Å². The van der Waals surface area contributed by atoms with E-state index in [1.165, 1.54) is 18.2 Å². The van der Waals surface area contributed by atoms with Crippen molar-refractivity contribution in [1.29, 1.82) is 0 Å². The van der Waals surface area contributed by atoms with Crippen LogP contribution >= 0.6 is 0 Å². The number of hydrogen-bond acceptors (Lipinski definition) is 3. The fraction of sp³-hybridized carbons (Fsp3) is 0.125. The Bertz CT molecular complexity index is 845. The monoisotopic (exact) mass is 392 g/mol. The minimum atomic E-state index is -5.09. The molecule has 0 fully saturated rings. The number of aromatic hydroxyl groups is 1. The molecule has 0 atom stereocenters. The number of hydrogen-bond donors (Lipinski definition) is 3. The normalized spacial score (nSPS) is 11.8. The molecule has 0 heterocycles. The number of alkyl halides is 6. The summed E-state index contributed by atoms with van der Waals surface area (Å²) in [7, 11) is 0. The van der Waals surface area contributed by atoms with Crippen LogP contribution in [0.15, 0.2) is 42.5 Å². The number of halogens is 6. The van der Waals surface area contributed by atoms with E-state index in [4.69, 9.17) is 0 Å². The van der Waals surface area contributed by atoms with Crippen molar-refractivity contribution in [3.63, 3.8) is 0 Å². The SMILES string of the molecule is O=C(Nc1cccc(O)c1)C(=O)Nc1cc(C(F)(F)F)cc(C(F)(F)F)c1. The van der Waals surface area contributed by atoms with Crippen molar-refractivity contribution < 1.29 is 41.0 Å². The van der Waals surface area contributed by atoms with E-state index in [0.717, 1.165) is 6.07 Å². The van der Waals surface area contributed by atoms with Crippen LogP contribution in [0, 0.1) is 0 Å². The van der Waals surface area contributed by atoms with Gasteiger partial charge in [0.25, 0.3) is 0 Å². The smallest absolute Gasteiger partial charge is 0.416 e. The number of nitrogens with one attached hydrogen (secondary N) is 2. The van der Waals surface area contributed by atoms with E-state index in [1.807, 2.05) is 5.32 Å². The first-order valence-electron chi connectivity index (χ1n) is 7.07. The van der Waals surface area contributed by atoms with Gasteiger partial charge in [0.1, 0.15) is 5.75 Å². The van der Waals surface area contributed by atoms with Gasteiger partial charge in [0, 0.05) is 17.4 Å². The lowest BCUT2D eigenvalue weighted by atomic mass is 10.1. The first-order valence-corrected chi connectivity index (χ1v) is 7.07. The number of carbonyl (C=O) groups excluding carboxylic acids is 2. The Hall–Kier alpha value is -3.24. The number of anilines is 2. The molecule has 144 valence electrons. The zero-order valence-electron chi connectivity index (χ0n) is 13.1. The van der Waals surface area contributed by atoms with Crippen molar-refractivity contribution in [2.24, 2.45) is 0 Å². The summed E-state index contributed by atoms with van der Waals surface area (Å²) >= 11 is 0. The Labute approximate surface area is 147 Å². The minimum Gasteiger partial charge on any atom is -0.508 e. The maximum Gasteiger partial charge on any atom is 0.416 e. The van der Waals surface area contributed by atoms with Gasteiger partial charge in [-0.05, 0) is 30.3 Å². The lowest BCUT2D eigenvalue weighted by molar-refractivity contribution is -0.143. The van der Waals surface area contributed by atoms with Crippen LogP contribution in [-0.2, 0) is 21.9 Å². The summed E-state index contributed by atoms with van der Waals surface area (Å²) in [5.74, 6) is -3.08. The molecule has 11 heteroatoms. The molecule has 0 saturated carbocycles. The zero-order valence-corrected chi connectivity index (χ0v) is 13.1. The topological polar surface area (TPSA) is 78.4 Å². The quantitative estimate of drug-likeness (QED) is 0.534. The summed E-state index contributed by atoms with van der Waals surface area (Å²) in [6.45, 7) is 0. The number of carbonyl (C=O) groups is 2. The molecule has 0 spiro atoms. The van der Waals surface area contributed by atoms with Crippen molar-refractivity contribution in [3.05, 3.63) is 53.6 Å². The van der Waals surface area contributed by atoms with Gasteiger partial charge in [-0.3, -0.25) is 9.59 Å². The summed E-state index contributed by atoms with van der Waals surface area (Å²) in [6.07, 6.45) is -10.2. The zero-order chi connectivity index (χ0) is 20.4. The molecule has 0 radical (unpaired) electrons. The van der Waals surface area contributed by atoms with E-state index < -0.39 is 41.0 Å². The average molecular weight is 392 g/mol. The lowest BCUT2D eigenvalue weighted by Crippen LogP contribution is -2.29. The second kappa shape index (κ2) is 7.17. The number of phenols is 1. The fourth-order valence-corrected chi connectivity index (χ4v) is 1.99. The van der Waals surface area contributed by atoms with Crippen LogP contribution in [0.2, 0.25) is 0 Å². The molecule has 2 rings (SSSR count). The highest BCUT2D eigenvalue weighted by Gasteiger charge is 2.37. The molecule has 0 unspecified atom stereocenters. The van der Waals surface area contributed by atoms with E-state index in [-0.39, 0.29) is 29.6 Å². The summed E-state index contributed by atoms with van der Waals surface area (Å²) in [4.78, 5) is 23.5. The Kier molecular flexibility index (Phi) is 5.33. The molecular formula is C16H10F6N2O3. The van der Waals surface area contributed by atoms with Crippen molar-refractivity contribution in [3.8, 4) is 5.75 Å². The molecule has 27 heavy (non-hydrogen) atoms. The molecule has 2 aromatic carbocycles. The molecule has 0 bridgehead atoms. The van der Waals surface area contributed by atoms with Crippen molar-refractivity contribution in [2.45, 2.75) is 12.4 Å². The number of benzene rings is 2. The molecule has 3 N–H and O–H groups in total. The molecule has 0 aliphatic rings. The van der Waals surface area contributed by atoms with Gasteiger partial charge in [0.05, 0.1) is 11.1 Å². The maximum atomic E-state index is 12.8. The molecule has 5 nitrogen and oxygen atoms in total. The van der Waals surface area contributed by atoms with Crippen molar-refractivity contribution in [1.82, 2.24) is 0 Å². The Morgan fingerprint density at radius 1 is 0.741 bits per heavy atom. The van der Waals surface area contributed by atoms with E-state index in [9.17, 15) is 41.0 Å². The van der Waals surface area contributed by atoms with Crippen LogP contribution in [0.5, 0.6) is 5.75 Å². The molecule has 2 aromatic rings. The van der Waals surface area contributed by atoms with Gasteiger partial charge in [0.15, 0.2) is 0 Å². The lowest BCUT2D eigenvalue weighted by Gasteiger charge is -2.14. The average Bonchev–Trinajstić information content (AvgIpc) is 2.52. The third-order valence-electron chi connectivity index (χ3n) is 3.16. The largest absolute Gasteiger partial charge is 0.508 e. The number of amides is 2. The third-order valence-corrected chi connectivity index (χ3v) is 3.16. The van der Waals surface area contributed by atoms with Crippen LogP contribution < -0.4 is 10.6 Å². The summed E-state index contributed by atoms with van der Waals surface area (Å²) in [5.41, 5.74) is -4.13. The fourth-order valence-electron chi connectivity index (χ4n) is 1.99. The predicted octanol–water partition coefficient (Wildman–Crippen LogP) is 4.01. The highest BCUT2D eigenvalue weighted by atomic mass is 19.4. The second-order valence-corrected chi connectivity index (χ2v) is 5.25. The van der Waals surface area contributed by atoms with Gasteiger partial charge in [0.2, 0.25) is 0 Å². The molecule has 0 saturated heterocycles. The molecule has 0 aliphatic heterocycles. The van der Waals surface area contributed by atoms with E-state index in [1.54, 1.807) is 5.32 Å². The van der Waals surface area contributed by atoms with Gasteiger partial charge in [-0.2, -0.15) is 26.3 Å². The Morgan fingerprint density at radius 2 is 1.22 bits per heavy atom. The van der Waals surface area contributed by atoms with Gasteiger partial charge in [-0.15, -0.1) is 0 Å². The van der Waals surface area contributed by atoms with Crippen molar-refractivity contribution >= 4 is 23.2 Å². The summed E-state index contributed by atoms with van der Waals surface area (Å²) in [6, 6.07) is 5.43. The van der Waals surface area contributed by atoms with Crippen LogP contribution in [0.25, 0.3) is 0 Å². The van der Waals surface area contributed by atoms with Crippen LogP contribution in [-0.4, -0.2) is 16.9 Å². The van der Waals surface area contributed by atoms with E-state index in [2.05, 4.69) is 0 Å². The maximum absolute atomic E-state index is 12.8. The number of phenolic OH excluding ortho intramolecular Hbond substituents is 1. The molecule has 0 aliphatic carbocycles. The van der Waals surface area contributed by atoms with Crippen molar-refractivity contribution in [2.75, 3.05) is 10.6 Å². The molecular weight excluding hydrogens is 382 g/mol. The third kappa shape index (κ3) is 5.36. The minimum absolute atomic E-state index is 0.00447. The predicted molar refractivity (Wildman–Crippen MR) is 81.8 cm³/mol. The van der Waals surface area contributed by atoms with Gasteiger partial charge in [-0.1, -0.05) is 6.07 Å². The van der Waals surface area contributed by atoms with Gasteiger partial charge >= 0.3 is 24.2 Å². The first kappa shape index (κ1) is 20.1. The second-order valence-electron chi connectivity index (χ2n) is 5.25. The summed E-state index contributed by atoms with van der Waals surface area (Å²) in [5, 5.41) is 13.0. The van der Waals surface area contributed by atoms with Crippen LogP contribution in [0.4, 0.5) is 37.7 Å². The van der Waals surface area contributed by atoms with E-state index >= 15 is 0 Å². The molecule has 0 aromatic heterocycles.